The Bertz CT molecular complexity index is 788. The van der Waals surface area contributed by atoms with E-state index in [0.29, 0.717) is 10.6 Å². The van der Waals surface area contributed by atoms with Crippen molar-refractivity contribution in [1.29, 1.82) is 0 Å². The molecule has 0 heterocycles. The molecule has 0 aliphatic rings. The van der Waals surface area contributed by atoms with Gasteiger partial charge in [-0.1, -0.05) is 41.4 Å². The van der Waals surface area contributed by atoms with Gasteiger partial charge in [0.15, 0.2) is 0 Å². The molecular weight excluding hydrogens is 326 g/mol. The fourth-order valence-electron chi connectivity index (χ4n) is 2.08. The summed E-state index contributed by atoms with van der Waals surface area (Å²) in [5.41, 5.74) is 5.93. The lowest BCUT2D eigenvalue weighted by Gasteiger charge is -2.05. The molecule has 0 saturated carbocycles. The van der Waals surface area contributed by atoms with Crippen LogP contribution in [0.25, 0.3) is 0 Å². The van der Waals surface area contributed by atoms with Gasteiger partial charge in [-0.15, -0.1) is 0 Å². The third-order valence-electron chi connectivity index (χ3n) is 3.31. The van der Waals surface area contributed by atoms with E-state index in [1.807, 2.05) is 32.0 Å². The number of hydrazone groups is 1. The lowest BCUT2D eigenvalue weighted by Crippen LogP contribution is -2.34. The highest BCUT2D eigenvalue weighted by atomic mass is 35.5. The molecule has 2 aromatic rings. The predicted octanol–water partition coefficient (Wildman–Crippen LogP) is 2.84. The minimum absolute atomic E-state index is 0.171. The highest BCUT2D eigenvalue weighted by molar-refractivity contribution is 6.30. The lowest BCUT2D eigenvalue weighted by molar-refractivity contribution is -0.120. The van der Waals surface area contributed by atoms with Gasteiger partial charge in [0, 0.05) is 10.6 Å². The van der Waals surface area contributed by atoms with Gasteiger partial charge in [0.1, 0.15) is 0 Å². The van der Waals surface area contributed by atoms with Gasteiger partial charge in [-0.05, 0) is 43.2 Å². The van der Waals surface area contributed by atoms with Crippen molar-refractivity contribution >= 4 is 29.6 Å². The van der Waals surface area contributed by atoms with Crippen LogP contribution in [0.1, 0.15) is 27.0 Å². The molecule has 2 aromatic carbocycles. The number of hydrogen-bond acceptors (Lipinski definition) is 3. The summed E-state index contributed by atoms with van der Waals surface area (Å²) < 4.78 is 0. The van der Waals surface area contributed by atoms with Crippen LogP contribution in [0.15, 0.2) is 47.6 Å². The Kier molecular flexibility index (Phi) is 6.09. The molecule has 2 rings (SSSR count). The molecule has 0 aliphatic heterocycles. The Morgan fingerprint density at radius 3 is 2.67 bits per heavy atom. The molecule has 0 spiro atoms. The van der Waals surface area contributed by atoms with Gasteiger partial charge in [0.25, 0.3) is 11.8 Å². The quantitative estimate of drug-likeness (QED) is 0.647. The van der Waals surface area contributed by atoms with E-state index in [0.717, 1.165) is 16.7 Å². The Morgan fingerprint density at radius 2 is 1.96 bits per heavy atom. The standard InChI is InChI=1S/C18H18ClN3O2/c1-12-6-7-15(13(2)8-12)10-21-22-17(23)11-20-18(24)14-4-3-5-16(19)9-14/h3-10H,11H2,1-2H3,(H,20,24)(H,22,23)/b21-10-. The number of benzene rings is 2. The second-order valence-electron chi connectivity index (χ2n) is 5.35. The van der Waals surface area contributed by atoms with Crippen LogP contribution in [0.3, 0.4) is 0 Å². The molecule has 0 unspecified atom stereocenters. The molecule has 5 nitrogen and oxygen atoms in total. The summed E-state index contributed by atoms with van der Waals surface area (Å²) in [6.45, 7) is 3.81. The fraction of sp³-hybridized carbons (Fsp3) is 0.167. The van der Waals surface area contributed by atoms with Crippen molar-refractivity contribution in [1.82, 2.24) is 10.7 Å². The molecule has 124 valence electrons. The zero-order valence-corrected chi connectivity index (χ0v) is 14.2. The minimum Gasteiger partial charge on any atom is -0.343 e. The molecule has 0 bridgehead atoms. The zero-order chi connectivity index (χ0) is 17.5. The number of nitrogens with zero attached hydrogens (tertiary/aromatic N) is 1. The Hall–Kier alpha value is -2.66. The molecule has 0 saturated heterocycles. The number of carbonyl (C=O) groups excluding carboxylic acids is 2. The number of amides is 2. The number of rotatable bonds is 5. The molecule has 0 atom stereocenters. The van der Waals surface area contributed by atoms with Crippen molar-refractivity contribution in [3.05, 3.63) is 69.7 Å². The predicted molar refractivity (Wildman–Crippen MR) is 95.4 cm³/mol. The average molecular weight is 344 g/mol. The van der Waals surface area contributed by atoms with Crippen LogP contribution in [0.4, 0.5) is 0 Å². The van der Waals surface area contributed by atoms with E-state index in [1.54, 1.807) is 24.4 Å². The van der Waals surface area contributed by atoms with Crippen LogP contribution in [0.5, 0.6) is 0 Å². The maximum Gasteiger partial charge on any atom is 0.259 e. The average Bonchev–Trinajstić information content (AvgIpc) is 2.54. The SMILES string of the molecule is Cc1ccc(/C=N\NC(=O)CNC(=O)c2cccc(Cl)c2)c(C)c1. The van der Waals surface area contributed by atoms with Gasteiger partial charge < -0.3 is 5.32 Å². The summed E-state index contributed by atoms with van der Waals surface area (Å²) in [7, 11) is 0. The zero-order valence-electron chi connectivity index (χ0n) is 13.5. The number of aryl methyl sites for hydroxylation is 2. The van der Waals surface area contributed by atoms with E-state index in [-0.39, 0.29) is 12.5 Å². The number of halogens is 1. The van der Waals surface area contributed by atoms with E-state index in [1.165, 1.54) is 6.07 Å². The summed E-state index contributed by atoms with van der Waals surface area (Å²) in [6, 6.07) is 12.4. The van der Waals surface area contributed by atoms with E-state index in [9.17, 15) is 9.59 Å². The van der Waals surface area contributed by atoms with Crippen LogP contribution >= 0.6 is 11.6 Å². The third kappa shape index (κ3) is 5.21. The molecule has 6 heteroatoms. The van der Waals surface area contributed by atoms with Gasteiger partial charge in [0.05, 0.1) is 12.8 Å². The van der Waals surface area contributed by atoms with Crippen molar-refractivity contribution in [3.63, 3.8) is 0 Å². The second-order valence-corrected chi connectivity index (χ2v) is 5.78. The smallest absolute Gasteiger partial charge is 0.259 e. The van der Waals surface area contributed by atoms with Crippen molar-refractivity contribution in [2.75, 3.05) is 6.54 Å². The minimum atomic E-state index is -0.411. The maximum absolute atomic E-state index is 11.9. The van der Waals surface area contributed by atoms with Crippen molar-refractivity contribution in [2.24, 2.45) is 5.10 Å². The molecule has 2 amide bonds. The van der Waals surface area contributed by atoms with Gasteiger partial charge in [-0.25, -0.2) is 5.43 Å². The topological polar surface area (TPSA) is 70.6 Å². The number of carbonyl (C=O) groups is 2. The number of nitrogens with one attached hydrogen (secondary N) is 2. The first-order valence-electron chi connectivity index (χ1n) is 7.38. The highest BCUT2D eigenvalue weighted by Crippen LogP contribution is 2.10. The summed E-state index contributed by atoms with van der Waals surface area (Å²) in [5.74, 6) is -0.780. The highest BCUT2D eigenvalue weighted by Gasteiger charge is 2.07. The summed E-state index contributed by atoms with van der Waals surface area (Å²) >= 11 is 5.82. The van der Waals surface area contributed by atoms with Crippen LogP contribution in [0, 0.1) is 13.8 Å². The van der Waals surface area contributed by atoms with E-state index >= 15 is 0 Å². The fourth-order valence-corrected chi connectivity index (χ4v) is 2.27. The van der Waals surface area contributed by atoms with Crippen molar-refractivity contribution in [2.45, 2.75) is 13.8 Å². The molecule has 0 fully saturated rings. The second kappa shape index (κ2) is 8.26. The Balaban J connectivity index is 1.83. The van der Waals surface area contributed by atoms with Gasteiger partial charge in [-0.2, -0.15) is 5.10 Å². The molecule has 2 N–H and O–H groups in total. The van der Waals surface area contributed by atoms with E-state index in [4.69, 9.17) is 11.6 Å². The maximum atomic E-state index is 11.9. The Morgan fingerprint density at radius 1 is 1.17 bits per heavy atom. The Labute approximate surface area is 145 Å². The monoisotopic (exact) mass is 343 g/mol. The third-order valence-corrected chi connectivity index (χ3v) is 3.55. The van der Waals surface area contributed by atoms with Crippen molar-refractivity contribution in [3.8, 4) is 0 Å². The molecule has 0 aromatic heterocycles. The summed E-state index contributed by atoms with van der Waals surface area (Å²) in [6.07, 6.45) is 1.57. The number of hydrogen-bond donors (Lipinski definition) is 2. The van der Waals surface area contributed by atoms with Crippen LogP contribution in [-0.2, 0) is 4.79 Å². The van der Waals surface area contributed by atoms with Gasteiger partial charge >= 0.3 is 0 Å². The van der Waals surface area contributed by atoms with Crippen LogP contribution in [0.2, 0.25) is 5.02 Å². The molecule has 24 heavy (non-hydrogen) atoms. The molecular formula is C18H18ClN3O2. The molecule has 0 aliphatic carbocycles. The molecule has 0 radical (unpaired) electrons. The first kappa shape index (κ1) is 17.7. The van der Waals surface area contributed by atoms with E-state index in [2.05, 4.69) is 15.8 Å². The van der Waals surface area contributed by atoms with Gasteiger partial charge in [0.2, 0.25) is 0 Å². The van der Waals surface area contributed by atoms with Crippen LogP contribution in [-0.4, -0.2) is 24.6 Å². The lowest BCUT2D eigenvalue weighted by atomic mass is 10.1. The normalized spacial score (nSPS) is 10.6. The van der Waals surface area contributed by atoms with Crippen LogP contribution < -0.4 is 10.7 Å². The first-order valence-corrected chi connectivity index (χ1v) is 7.76. The largest absolute Gasteiger partial charge is 0.343 e. The summed E-state index contributed by atoms with van der Waals surface area (Å²) in [4.78, 5) is 23.6. The first-order chi connectivity index (χ1) is 11.5. The summed E-state index contributed by atoms with van der Waals surface area (Å²) in [5, 5.41) is 6.87. The van der Waals surface area contributed by atoms with Gasteiger partial charge in [-0.3, -0.25) is 9.59 Å². The van der Waals surface area contributed by atoms with E-state index < -0.39 is 5.91 Å². The van der Waals surface area contributed by atoms with Crippen molar-refractivity contribution < 1.29 is 9.59 Å².